The number of fused-ring (bicyclic) bond motifs is 1. The minimum absolute atomic E-state index is 0.118. The number of hydrogen-bond donors (Lipinski definition) is 1. The van der Waals surface area contributed by atoms with Crippen LogP contribution in [0.2, 0.25) is 10.0 Å². The zero-order chi connectivity index (χ0) is 22.7. The van der Waals surface area contributed by atoms with Crippen molar-refractivity contribution >= 4 is 46.2 Å². The van der Waals surface area contributed by atoms with Gasteiger partial charge in [0.1, 0.15) is 5.82 Å². The maximum Gasteiger partial charge on any atom is 0.244 e. The fraction of sp³-hybridized carbons (Fsp3) is 0.120. The molecule has 1 N–H and O–H groups in total. The predicted molar refractivity (Wildman–Crippen MR) is 128 cm³/mol. The summed E-state index contributed by atoms with van der Waals surface area (Å²) in [4.78, 5) is 12.2. The van der Waals surface area contributed by atoms with Gasteiger partial charge in [-0.2, -0.15) is 5.10 Å². The number of benzene rings is 3. The largest absolute Gasteiger partial charge is 0.340 e. The fourth-order valence-corrected chi connectivity index (χ4v) is 4.11. The van der Waals surface area contributed by atoms with Crippen LogP contribution in [0.1, 0.15) is 22.4 Å². The molecule has 0 aliphatic rings. The Bertz CT molecular complexity index is 1310. The third-order valence-electron chi connectivity index (χ3n) is 5.28. The number of halogens is 3. The first-order chi connectivity index (χ1) is 15.4. The molecule has 0 bridgehead atoms. The van der Waals surface area contributed by atoms with Gasteiger partial charge in [0.05, 0.1) is 12.6 Å². The molecule has 0 atom stereocenters. The minimum atomic E-state index is -0.334. The molecule has 4 aromatic rings. The Kier molecular flexibility index (Phi) is 6.58. The van der Waals surface area contributed by atoms with Crippen molar-refractivity contribution in [2.24, 2.45) is 5.10 Å². The standard InChI is InChI=1S/C25H20Cl2FN3O/c1-16-22(14-29-30-25(32)12-17-6-10-20(28)11-7-17)21-4-2-3-5-24(21)31(16)15-18-8-9-19(26)13-23(18)27/h2-11,13-14H,12,15H2,1H3,(H,30,32)/b29-14+. The van der Waals surface area contributed by atoms with Gasteiger partial charge in [-0.05, 0) is 48.4 Å². The Hall–Kier alpha value is -3.15. The van der Waals surface area contributed by atoms with E-state index in [9.17, 15) is 9.18 Å². The average molecular weight is 468 g/mol. The molecule has 4 nitrogen and oxygen atoms in total. The van der Waals surface area contributed by atoms with Gasteiger partial charge >= 0.3 is 0 Å². The second-order valence-electron chi connectivity index (χ2n) is 7.43. The second kappa shape index (κ2) is 9.55. The summed E-state index contributed by atoms with van der Waals surface area (Å²) in [5.41, 5.74) is 7.16. The molecule has 7 heteroatoms. The van der Waals surface area contributed by atoms with Gasteiger partial charge in [-0.3, -0.25) is 4.79 Å². The maximum absolute atomic E-state index is 13.0. The van der Waals surface area contributed by atoms with E-state index in [1.54, 1.807) is 24.4 Å². The van der Waals surface area contributed by atoms with Crippen LogP contribution in [0.25, 0.3) is 10.9 Å². The molecule has 0 saturated heterocycles. The first-order valence-electron chi connectivity index (χ1n) is 10.0. The van der Waals surface area contributed by atoms with Gasteiger partial charge in [-0.1, -0.05) is 59.6 Å². The summed E-state index contributed by atoms with van der Waals surface area (Å²) in [6.45, 7) is 2.58. The lowest BCUT2D eigenvalue weighted by atomic mass is 10.1. The first kappa shape index (κ1) is 22.1. The van der Waals surface area contributed by atoms with E-state index < -0.39 is 0 Å². The molecular weight excluding hydrogens is 448 g/mol. The third-order valence-corrected chi connectivity index (χ3v) is 5.87. The van der Waals surface area contributed by atoms with E-state index in [0.29, 0.717) is 22.2 Å². The van der Waals surface area contributed by atoms with Gasteiger partial charge < -0.3 is 4.57 Å². The second-order valence-corrected chi connectivity index (χ2v) is 8.28. The van der Waals surface area contributed by atoms with E-state index >= 15 is 0 Å². The number of nitrogens with one attached hydrogen (secondary N) is 1. The molecule has 0 fully saturated rings. The van der Waals surface area contributed by atoms with Gasteiger partial charge in [0.25, 0.3) is 0 Å². The van der Waals surface area contributed by atoms with E-state index in [2.05, 4.69) is 15.1 Å². The SMILES string of the molecule is Cc1c(/C=N/NC(=O)Cc2ccc(F)cc2)c2ccccc2n1Cc1ccc(Cl)cc1Cl. The molecule has 162 valence electrons. The van der Waals surface area contributed by atoms with Crippen molar-refractivity contribution in [3.8, 4) is 0 Å². The molecule has 4 rings (SSSR count). The van der Waals surface area contributed by atoms with Crippen molar-refractivity contribution in [2.45, 2.75) is 19.9 Å². The van der Waals surface area contributed by atoms with E-state index in [-0.39, 0.29) is 18.1 Å². The molecule has 0 spiro atoms. The summed E-state index contributed by atoms with van der Waals surface area (Å²) in [6.07, 6.45) is 1.77. The van der Waals surface area contributed by atoms with Crippen LogP contribution in [0.5, 0.6) is 0 Å². The number of para-hydroxylation sites is 1. The topological polar surface area (TPSA) is 46.4 Å². The number of nitrogens with zero attached hydrogens (tertiary/aromatic N) is 2. The van der Waals surface area contributed by atoms with Crippen LogP contribution >= 0.6 is 23.2 Å². The van der Waals surface area contributed by atoms with Gasteiger partial charge in [-0.15, -0.1) is 0 Å². The number of aromatic nitrogens is 1. The molecule has 3 aromatic carbocycles. The molecule has 0 saturated carbocycles. The summed E-state index contributed by atoms with van der Waals surface area (Å²) < 4.78 is 15.2. The van der Waals surface area contributed by atoms with Crippen LogP contribution in [0.15, 0.2) is 71.8 Å². The Balaban J connectivity index is 1.57. The number of carbonyl (C=O) groups excluding carboxylic acids is 1. The lowest BCUT2D eigenvalue weighted by Gasteiger charge is -2.10. The van der Waals surface area contributed by atoms with Crippen molar-refractivity contribution < 1.29 is 9.18 Å². The Morgan fingerprint density at radius 1 is 1.09 bits per heavy atom. The molecule has 0 aliphatic carbocycles. The number of hydrogen-bond acceptors (Lipinski definition) is 2. The highest BCUT2D eigenvalue weighted by Gasteiger charge is 2.14. The minimum Gasteiger partial charge on any atom is -0.340 e. The van der Waals surface area contributed by atoms with Crippen molar-refractivity contribution in [2.75, 3.05) is 0 Å². The normalized spacial score (nSPS) is 11.4. The smallest absolute Gasteiger partial charge is 0.244 e. The van der Waals surface area contributed by atoms with Gasteiger partial charge in [0, 0.05) is 38.8 Å². The highest BCUT2D eigenvalue weighted by molar-refractivity contribution is 6.35. The summed E-state index contributed by atoms with van der Waals surface area (Å²) in [5.74, 6) is -0.610. The Morgan fingerprint density at radius 2 is 1.84 bits per heavy atom. The van der Waals surface area contributed by atoms with Crippen LogP contribution in [-0.2, 0) is 17.8 Å². The van der Waals surface area contributed by atoms with Gasteiger partial charge in [-0.25, -0.2) is 9.82 Å². The number of hydrazone groups is 1. The molecule has 1 amide bonds. The number of rotatable bonds is 6. The average Bonchev–Trinajstić information content (AvgIpc) is 3.03. The van der Waals surface area contributed by atoms with Crippen LogP contribution in [0, 0.1) is 12.7 Å². The van der Waals surface area contributed by atoms with Crippen LogP contribution in [0.3, 0.4) is 0 Å². The van der Waals surface area contributed by atoms with Crippen molar-refractivity contribution in [1.82, 2.24) is 9.99 Å². The van der Waals surface area contributed by atoms with Crippen molar-refractivity contribution in [3.05, 3.63) is 105 Å². The number of carbonyl (C=O) groups is 1. The van der Waals surface area contributed by atoms with Crippen LogP contribution in [-0.4, -0.2) is 16.7 Å². The van der Waals surface area contributed by atoms with Crippen LogP contribution in [0.4, 0.5) is 4.39 Å². The molecule has 1 heterocycles. The summed E-state index contributed by atoms with van der Waals surface area (Å²) in [5, 5.41) is 6.38. The van der Waals surface area contributed by atoms with Gasteiger partial charge in [0.2, 0.25) is 5.91 Å². The maximum atomic E-state index is 13.0. The fourth-order valence-electron chi connectivity index (χ4n) is 3.64. The lowest BCUT2D eigenvalue weighted by molar-refractivity contribution is -0.120. The molecule has 0 radical (unpaired) electrons. The zero-order valence-electron chi connectivity index (χ0n) is 17.3. The highest BCUT2D eigenvalue weighted by Crippen LogP contribution is 2.28. The molecule has 0 aliphatic heterocycles. The summed E-state index contributed by atoms with van der Waals surface area (Å²) >= 11 is 12.4. The summed E-state index contributed by atoms with van der Waals surface area (Å²) in [7, 11) is 0. The molecule has 0 unspecified atom stereocenters. The Labute approximate surface area is 195 Å². The molecule has 1 aromatic heterocycles. The predicted octanol–water partition coefficient (Wildman–Crippen LogP) is 6.14. The third kappa shape index (κ3) is 4.85. The monoisotopic (exact) mass is 467 g/mol. The first-order valence-corrected chi connectivity index (χ1v) is 10.8. The molecular formula is C25H20Cl2FN3O. The zero-order valence-corrected chi connectivity index (χ0v) is 18.8. The van der Waals surface area contributed by atoms with E-state index in [1.165, 1.54) is 12.1 Å². The summed E-state index contributed by atoms with van der Waals surface area (Å²) in [6, 6.07) is 19.3. The van der Waals surface area contributed by atoms with Crippen molar-refractivity contribution in [3.63, 3.8) is 0 Å². The van der Waals surface area contributed by atoms with Crippen molar-refractivity contribution in [1.29, 1.82) is 0 Å². The highest BCUT2D eigenvalue weighted by atomic mass is 35.5. The van der Waals surface area contributed by atoms with E-state index in [1.807, 2.05) is 43.3 Å². The van der Waals surface area contributed by atoms with E-state index in [0.717, 1.165) is 27.7 Å². The molecule has 32 heavy (non-hydrogen) atoms. The van der Waals surface area contributed by atoms with Gasteiger partial charge in [0.15, 0.2) is 0 Å². The number of amides is 1. The lowest BCUT2D eigenvalue weighted by Crippen LogP contribution is -2.19. The van der Waals surface area contributed by atoms with E-state index in [4.69, 9.17) is 23.2 Å². The van der Waals surface area contributed by atoms with Crippen LogP contribution < -0.4 is 5.43 Å². The Morgan fingerprint density at radius 3 is 2.59 bits per heavy atom. The quantitative estimate of drug-likeness (QED) is 0.268.